The van der Waals surface area contributed by atoms with Gasteiger partial charge in [0.15, 0.2) is 0 Å². The summed E-state index contributed by atoms with van der Waals surface area (Å²) in [5, 5.41) is 0. The smallest absolute Gasteiger partial charge is 0.0387 e. The summed E-state index contributed by atoms with van der Waals surface area (Å²) in [6.07, 6.45) is 5.85. The second-order valence-corrected chi connectivity index (χ2v) is 7.07. The van der Waals surface area contributed by atoms with Crippen LogP contribution in [-0.4, -0.2) is 34.3 Å². The molecule has 1 unspecified atom stereocenters. The highest BCUT2D eigenvalue weighted by molar-refractivity contribution is 6.57. The van der Waals surface area contributed by atoms with Crippen molar-refractivity contribution in [1.29, 1.82) is 0 Å². The summed E-state index contributed by atoms with van der Waals surface area (Å²) in [5.41, 5.74) is 0. The van der Waals surface area contributed by atoms with Gasteiger partial charge in [-0.3, -0.25) is 0 Å². The molecule has 0 fully saturated rings. The van der Waals surface area contributed by atoms with Gasteiger partial charge in [0.2, 0.25) is 0 Å². The van der Waals surface area contributed by atoms with Crippen LogP contribution in [0, 0.1) is 0 Å². The molecule has 0 N–H and O–H groups in total. The van der Waals surface area contributed by atoms with Crippen LogP contribution in [0.3, 0.4) is 0 Å². The molecule has 0 heterocycles. The van der Waals surface area contributed by atoms with Gasteiger partial charge in [-0.1, -0.05) is 25.6 Å². The molecule has 0 saturated heterocycles. The Kier molecular flexibility index (Phi) is 7.51. The Bertz CT molecular complexity index is 121. The fourth-order valence-corrected chi connectivity index (χ4v) is 2.94. The Morgan fingerprint density at radius 3 is 2.42 bits per heavy atom. The third kappa shape index (κ3) is 8.02. The van der Waals surface area contributed by atoms with Crippen molar-refractivity contribution in [3.05, 3.63) is 12.2 Å². The molecule has 0 aromatic rings. The highest BCUT2D eigenvalue weighted by Crippen LogP contribution is 2.01. The summed E-state index contributed by atoms with van der Waals surface area (Å²) in [4.78, 5) is 2.28. The average molecular weight is 185 g/mol. The van der Waals surface area contributed by atoms with Crippen molar-refractivity contribution >= 4 is 8.80 Å². The van der Waals surface area contributed by atoms with Gasteiger partial charge in [-0.2, -0.15) is 0 Å². The third-order valence-corrected chi connectivity index (χ3v) is 4.33. The second-order valence-electron chi connectivity index (χ2n) is 3.81. The third-order valence-electron chi connectivity index (χ3n) is 2.01. The van der Waals surface area contributed by atoms with Crippen molar-refractivity contribution in [2.75, 3.05) is 20.6 Å². The lowest BCUT2D eigenvalue weighted by Crippen LogP contribution is -2.18. The normalized spacial score (nSPS) is 14.4. The molecule has 0 aliphatic carbocycles. The van der Waals surface area contributed by atoms with E-state index in [1.807, 2.05) is 0 Å². The summed E-state index contributed by atoms with van der Waals surface area (Å²) in [6, 6.07) is 2.82. The van der Waals surface area contributed by atoms with Gasteiger partial charge in [-0.25, -0.2) is 0 Å². The van der Waals surface area contributed by atoms with Crippen LogP contribution in [0.1, 0.15) is 13.3 Å². The number of hydrogen-bond donors (Lipinski definition) is 0. The number of allylic oxidation sites excluding steroid dienone is 2. The molecular formula is C10H23NSi. The van der Waals surface area contributed by atoms with Crippen LogP contribution < -0.4 is 0 Å². The van der Waals surface area contributed by atoms with Crippen LogP contribution in [-0.2, 0) is 0 Å². The minimum Gasteiger partial charge on any atom is -0.310 e. The molecular weight excluding hydrogens is 162 g/mol. The number of nitrogens with zero attached hydrogens (tertiary/aromatic N) is 1. The van der Waals surface area contributed by atoms with Crippen LogP contribution >= 0.6 is 0 Å². The van der Waals surface area contributed by atoms with Crippen LogP contribution in [0.25, 0.3) is 0 Å². The Hall–Kier alpha value is -0.0831. The molecule has 0 aromatic heterocycles. The van der Waals surface area contributed by atoms with Crippen molar-refractivity contribution in [3.8, 4) is 0 Å². The summed E-state index contributed by atoms with van der Waals surface area (Å²) in [5.74, 6) is 0. The molecule has 0 aromatic carbocycles. The number of hydrogen-bond acceptors (Lipinski definition) is 1. The molecule has 1 nitrogen and oxygen atoms in total. The molecule has 1 atom stereocenters. The van der Waals surface area contributed by atoms with E-state index in [9.17, 15) is 0 Å². The first kappa shape index (κ1) is 11.9. The van der Waals surface area contributed by atoms with E-state index in [4.69, 9.17) is 0 Å². The predicted octanol–water partition coefficient (Wildman–Crippen LogP) is 2.37. The quantitative estimate of drug-likeness (QED) is 0.454. The molecule has 2 heteroatoms. The minimum absolute atomic E-state index is 0.418. The van der Waals surface area contributed by atoms with Gasteiger partial charge in [0.25, 0.3) is 0 Å². The SMILES string of the molecule is CCC=CC[SiH](C)CCN(C)C. The van der Waals surface area contributed by atoms with Crippen LogP contribution in [0.2, 0.25) is 18.6 Å². The van der Waals surface area contributed by atoms with Crippen molar-refractivity contribution in [1.82, 2.24) is 4.90 Å². The summed E-state index contributed by atoms with van der Waals surface area (Å²) < 4.78 is 0. The standard InChI is InChI=1S/C10H23NSi/c1-5-6-7-9-12(4)10-8-11(2)3/h6-7,12H,5,8-10H2,1-4H3. The van der Waals surface area contributed by atoms with E-state index >= 15 is 0 Å². The summed E-state index contributed by atoms with van der Waals surface area (Å²) in [6.45, 7) is 5.93. The summed E-state index contributed by atoms with van der Waals surface area (Å²) in [7, 11) is 3.89. The van der Waals surface area contributed by atoms with Gasteiger partial charge in [0, 0.05) is 8.80 Å². The molecule has 0 spiro atoms. The highest BCUT2D eigenvalue weighted by Gasteiger charge is 2.01. The number of rotatable bonds is 6. The zero-order chi connectivity index (χ0) is 9.40. The lowest BCUT2D eigenvalue weighted by Gasteiger charge is -2.12. The molecule has 0 aliphatic heterocycles. The van der Waals surface area contributed by atoms with Gasteiger partial charge in [-0.05, 0) is 39.1 Å². The van der Waals surface area contributed by atoms with Crippen LogP contribution in [0.15, 0.2) is 12.2 Å². The van der Waals surface area contributed by atoms with Gasteiger partial charge >= 0.3 is 0 Å². The fraction of sp³-hybridized carbons (Fsp3) is 0.800. The zero-order valence-electron chi connectivity index (χ0n) is 9.01. The molecule has 12 heavy (non-hydrogen) atoms. The van der Waals surface area contributed by atoms with E-state index in [2.05, 4.69) is 44.6 Å². The summed E-state index contributed by atoms with van der Waals surface area (Å²) >= 11 is 0. The van der Waals surface area contributed by atoms with E-state index in [0.717, 1.165) is 0 Å². The maximum atomic E-state index is 2.46. The van der Waals surface area contributed by atoms with E-state index in [-0.39, 0.29) is 0 Å². The van der Waals surface area contributed by atoms with Crippen LogP contribution in [0.4, 0.5) is 0 Å². The maximum absolute atomic E-state index is 2.46. The molecule has 72 valence electrons. The van der Waals surface area contributed by atoms with Crippen molar-refractivity contribution in [2.45, 2.75) is 32.0 Å². The second kappa shape index (κ2) is 7.56. The van der Waals surface area contributed by atoms with Gasteiger partial charge in [-0.15, -0.1) is 0 Å². The lowest BCUT2D eigenvalue weighted by atomic mass is 10.4. The minimum atomic E-state index is -0.418. The zero-order valence-corrected chi connectivity index (χ0v) is 10.2. The highest BCUT2D eigenvalue weighted by atomic mass is 28.3. The van der Waals surface area contributed by atoms with Gasteiger partial charge in [0.05, 0.1) is 0 Å². The van der Waals surface area contributed by atoms with Gasteiger partial charge < -0.3 is 4.90 Å². The molecule has 0 amide bonds. The molecule has 0 radical (unpaired) electrons. The predicted molar refractivity (Wildman–Crippen MR) is 60.6 cm³/mol. The van der Waals surface area contributed by atoms with Crippen molar-refractivity contribution < 1.29 is 0 Å². The molecule has 0 bridgehead atoms. The van der Waals surface area contributed by atoms with E-state index in [1.54, 1.807) is 0 Å². The Morgan fingerprint density at radius 2 is 1.92 bits per heavy atom. The first-order chi connectivity index (χ1) is 5.66. The molecule has 0 rings (SSSR count). The lowest BCUT2D eigenvalue weighted by molar-refractivity contribution is 0.432. The van der Waals surface area contributed by atoms with E-state index in [0.29, 0.717) is 0 Å². The maximum Gasteiger partial charge on any atom is 0.0387 e. The Labute approximate surface area is 79.1 Å². The topological polar surface area (TPSA) is 3.24 Å². The first-order valence-corrected chi connectivity index (χ1v) is 7.75. The van der Waals surface area contributed by atoms with Crippen LogP contribution in [0.5, 0.6) is 0 Å². The van der Waals surface area contributed by atoms with Crippen molar-refractivity contribution in [3.63, 3.8) is 0 Å². The largest absolute Gasteiger partial charge is 0.310 e. The first-order valence-electron chi connectivity index (χ1n) is 4.96. The molecule has 0 saturated carbocycles. The molecule has 0 aliphatic rings. The fourth-order valence-electron chi connectivity index (χ4n) is 1.09. The monoisotopic (exact) mass is 185 g/mol. The Balaban J connectivity index is 3.33. The van der Waals surface area contributed by atoms with Gasteiger partial charge in [0.1, 0.15) is 0 Å². The van der Waals surface area contributed by atoms with E-state index < -0.39 is 8.80 Å². The van der Waals surface area contributed by atoms with Crippen molar-refractivity contribution in [2.24, 2.45) is 0 Å². The average Bonchev–Trinajstić information content (AvgIpc) is 2.01. The Morgan fingerprint density at radius 1 is 1.25 bits per heavy atom. The van der Waals surface area contributed by atoms with E-state index in [1.165, 1.54) is 25.1 Å².